The molecule has 0 radical (unpaired) electrons. The zero-order chi connectivity index (χ0) is 12.1. The number of nitrogens with zero attached hydrogens (tertiary/aromatic N) is 2. The third-order valence-corrected chi connectivity index (χ3v) is 3.39. The van der Waals surface area contributed by atoms with Gasteiger partial charge in [0.25, 0.3) is 0 Å². The quantitative estimate of drug-likeness (QED) is 0.821. The van der Waals surface area contributed by atoms with Gasteiger partial charge in [0, 0.05) is 25.9 Å². The minimum atomic E-state index is 0.462. The van der Waals surface area contributed by atoms with Crippen molar-refractivity contribution in [3.05, 3.63) is 17.7 Å². The second kappa shape index (κ2) is 6.17. The van der Waals surface area contributed by atoms with Gasteiger partial charge in [-0.15, -0.1) is 0 Å². The van der Waals surface area contributed by atoms with E-state index in [1.807, 2.05) is 6.20 Å². The molecule has 1 fully saturated rings. The van der Waals surface area contributed by atoms with Crippen molar-refractivity contribution in [2.24, 2.45) is 0 Å². The zero-order valence-electron chi connectivity index (χ0n) is 10.9. The van der Waals surface area contributed by atoms with Crippen LogP contribution in [0.2, 0.25) is 0 Å². The molecule has 2 heterocycles. The van der Waals surface area contributed by atoms with E-state index in [9.17, 15) is 0 Å². The number of nitrogens with one attached hydrogen (secondary N) is 1. The fraction of sp³-hybridized carbons (Fsp3) is 0.769. The first-order valence-electron chi connectivity index (χ1n) is 6.64. The van der Waals surface area contributed by atoms with Crippen LogP contribution in [0.15, 0.2) is 6.20 Å². The second-order valence-corrected chi connectivity index (χ2v) is 4.65. The van der Waals surface area contributed by atoms with Crippen LogP contribution in [0, 0.1) is 6.92 Å². The molecule has 0 bridgehead atoms. The number of imidazole rings is 1. The molecule has 0 aromatic carbocycles. The van der Waals surface area contributed by atoms with Crippen molar-refractivity contribution >= 4 is 0 Å². The van der Waals surface area contributed by atoms with Gasteiger partial charge in [-0.2, -0.15) is 0 Å². The Hall–Kier alpha value is -0.870. The maximum atomic E-state index is 5.66. The van der Waals surface area contributed by atoms with Crippen LogP contribution >= 0.6 is 0 Å². The summed E-state index contributed by atoms with van der Waals surface area (Å²) in [5.74, 6) is 1.11. The van der Waals surface area contributed by atoms with Gasteiger partial charge in [0.05, 0.1) is 11.8 Å². The molecular formula is C13H23N3O. The van der Waals surface area contributed by atoms with E-state index in [1.54, 1.807) is 0 Å². The van der Waals surface area contributed by atoms with Crippen molar-refractivity contribution in [2.45, 2.75) is 52.3 Å². The number of hydrogen-bond acceptors (Lipinski definition) is 3. The third-order valence-electron chi connectivity index (χ3n) is 3.39. The van der Waals surface area contributed by atoms with Crippen molar-refractivity contribution in [1.29, 1.82) is 0 Å². The first kappa shape index (κ1) is 12.6. The van der Waals surface area contributed by atoms with Crippen LogP contribution in [-0.2, 0) is 17.8 Å². The molecule has 0 aliphatic carbocycles. The van der Waals surface area contributed by atoms with E-state index in [1.165, 1.54) is 18.5 Å². The number of aromatic nitrogens is 2. The molecule has 1 aromatic rings. The number of ether oxygens (including phenoxy) is 1. The van der Waals surface area contributed by atoms with Gasteiger partial charge < -0.3 is 14.6 Å². The highest BCUT2D eigenvalue weighted by Crippen LogP contribution is 2.17. The summed E-state index contributed by atoms with van der Waals surface area (Å²) in [5, 5.41) is 3.35. The van der Waals surface area contributed by atoms with Crippen LogP contribution in [0.3, 0.4) is 0 Å². The summed E-state index contributed by atoms with van der Waals surface area (Å²) in [5.41, 5.74) is 1.28. The lowest BCUT2D eigenvalue weighted by atomic mass is 10.2. The molecule has 0 spiro atoms. The number of hydrogen-bond donors (Lipinski definition) is 1. The SMILES string of the molecule is CCNCc1cnc(C)n1CCC1CCCO1. The van der Waals surface area contributed by atoms with E-state index in [0.29, 0.717) is 6.10 Å². The first-order chi connectivity index (χ1) is 8.31. The van der Waals surface area contributed by atoms with Gasteiger partial charge >= 0.3 is 0 Å². The van der Waals surface area contributed by atoms with Crippen molar-refractivity contribution in [2.75, 3.05) is 13.2 Å². The van der Waals surface area contributed by atoms with E-state index < -0.39 is 0 Å². The minimum absolute atomic E-state index is 0.462. The van der Waals surface area contributed by atoms with Gasteiger partial charge in [-0.25, -0.2) is 4.98 Å². The lowest BCUT2D eigenvalue weighted by molar-refractivity contribution is 0.1000. The predicted molar refractivity (Wildman–Crippen MR) is 67.9 cm³/mol. The highest BCUT2D eigenvalue weighted by atomic mass is 16.5. The molecule has 2 rings (SSSR count). The van der Waals surface area contributed by atoms with Crippen LogP contribution in [0.4, 0.5) is 0 Å². The Labute approximate surface area is 103 Å². The molecule has 4 nitrogen and oxygen atoms in total. The highest BCUT2D eigenvalue weighted by Gasteiger charge is 2.16. The highest BCUT2D eigenvalue weighted by molar-refractivity contribution is 5.04. The lowest BCUT2D eigenvalue weighted by Crippen LogP contribution is -2.18. The largest absolute Gasteiger partial charge is 0.378 e. The topological polar surface area (TPSA) is 39.1 Å². The Balaban J connectivity index is 1.90. The Morgan fingerprint density at radius 3 is 3.18 bits per heavy atom. The lowest BCUT2D eigenvalue weighted by Gasteiger charge is -2.13. The van der Waals surface area contributed by atoms with Gasteiger partial charge in [0.2, 0.25) is 0 Å². The summed E-state index contributed by atoms with van der Waals surface area (Å²) in [6.07, 6.45) is 5.99. The van der Waals surface area contributed by atoms with Crippen molar-refractivity contribution in [3.63, 3.8) is 0 Å². The smallest absolute Gasteiger partial charge is 0.105 e. The Kier molecular flexibility index (Phi) is 4.57. The molecule has 0 amide bonds. The zero-order valence-corrected chi connectivity index (χ0v) is 10.9. The van der Waals surface area contributed by atoms with Crippen molar-refractivity contribution in [1.82, 2.24) is 14.9 Å². The van der Waals surface area contributed by atoms with E-state index in [-0.39, 0.29) is 0 Å². The van der Waals surface area contributed by atoms with E-state index in [4.69, 9.17) is 4.74 Å². The molecule has 17 heavy (non-hydrogen) atoms. The third kappa shape index (κ3) is 3.30. The molecular weight excluding hydrogens is 214 g/mol. The number of aryl methyl sites for hydroxylation is 1. The van der Waals surface area contributed by atoms with Crippen LogP contribution in [-0.4, -0.2) is 28.8 Å². The first-order valence-corrected chi connectivity index (χ1v) is 6.64. The van der Waals surface area contributed by atoms with Gasteiger partial charge in [0.15, 0.2) is 0 Å². The Morgan fingerprint density at radius 1 is 1.59 bits per heavy atom. The van der Waals surface area contributed by atoms with Crippen LogP contribution < -0.4 is 5.32 Å². The van der Waals surface area contributed by atoms with Crippen molar-refractivity contribution < 1.29 is 4.74 Å². The summed E-state index contributed by atoms with van der Waals surface area (Å²) in [6, 6.07) is 0. The number of rotatable bonds is 6. The molecule has 1 aliphatic heterocycles. The van der Waals surface area contributed by atoms with Crippen LogP contribution in [0.25, 0.3) is 0 Å². The van der Waals surface area contributed by atoms with E-state index >= 15 is 0 Å². The fourth-order valence-electron chi connectivity index (χ4n) is 2.36. The van der Waals surface area contributed by atoms with Gasteiger partial charge in [-0.1, -0.05) is 6.92 Å². The maximum absolute atomic E-state index is 5.66. The monoisotopic (exact) mass is 237 g/mol. The molecule has 1 atom stereocenters. The average molecular weight is 237 g/mol. The predicted octanol–water partition coefficient (Wildman–Crippen LogP) is 1.87. The molecule has 1 aromatic heterocycles. The minimum Gasteiger partial charge on any atom is -0.378 e. The normalized spacial score (nSPS) is 20.0. The van der Waals surface area contributed by atoms with Gasteiger partial charge in [-0.3, -0.25) is 0 Å². The summed E-state index contributed by atoms with van der Waals surface area (Å²) >= 11 is 0. The van der Waals surface area contributed by atoms with Gasteiger partial charge in [0.1, 0.15) is 5.82 Å². The Morgan fingerprint density at radius 2 is 2.47 bits per heavy atom. The molecule has 96 valence electrons. The second-order valence-electron chi connectivity index (χ2n) is 4.65. The molecule has 1 N–H and O–H groups in total. The summed E-state index contributed by atoms with van der Waals surface area (Å²) in [4.78, 5) is 4.40. The van der Waals surface area contributed by atoms with Crippen LogP contribution in [0.1, 0.15) is 37.7 Å². The standard InChI is InChI=1S/C13H23N3O/c1-3-14-9-12-10-15-11(2)16(12)7-6-13-5-4-8-17-13/h10,13-14H,3-9H2,1-2H3. The van der Waals surface area contributed by atoms with Gasteiger partial charge in [-0.05, 0) is 32.7 Å². The summed E-state index contributed by atoms with van der Waals surface area (Å²) in [6.45, 7) is 8.07. The molecule has 0 saturated carbocycles. The summed E-state index contributed by atoms with van der Waals surface area (Å²) in [7, 11) is 0. The molecule has 1 saturated heterocycles. The summed E-state index contributed by atoms with van der Waals surface area (Å²) < 4.78 is 7.97. The maximum Gasteiger partial charge on any atom is 0.105 e. The molecule has 1 aliphatic rings. The molecule has 1 unspecified atom stereocenters. The molecule has 4 heteroatoms. The Bertz CT molecular complexity index is 342. The average Bonchev–Trinajstić information content (AvgIpc) is 2.94. The van der Waals surface area contributed by atoms with Crippen LogP contribution in [0.5, 0.6) is 0 Å². The fourth-order valence-corrected chi connectivity index (χ4v) is 2.36. The van der Waals surface area contributed by atoms with E-state index in [0.717, 1.165) is 38.5 Å². The van der Waals surface area contributed by atoms with Crippen molar-refractivity contribution in [3.8, 4) is 0 Å². The van der Waals surface area contributed by atoms with E-state index in [2.05, 4.69) is 28.7 Å².